The number of rotatable bonds is 9. The number of esters is 1. The number of allylic oxidation sites excluding steroid dienone is 5. The van der Waals surface area contributed by atoms with Crippen molar-refractivity contribution < 1.29 is 43.3 Å². The number of carbonyl (C=O) groups excluding carboxylic acids is 6. The number of aliphatic hydroxyl groups excluding tert-OH is 1. The van der Waals surface area contributed by atoms with E-state index in [9.17, 15) is 33.9 Å². The first-order valence-electron chi connectivity index (χ1n) is 20.9. The third-order valence-electron chi connectivity index (χ3n) is 10.9. The lowest BCUT2D eigenvalue weighted by Gasteiger charge is -2.36. The van der Waals surface area contributed by atoms with Crippen LogP contribution in [0.1, 0.15) is 78.7 Å². The molecule has 2 fully saturated rings. The maximum atomic E-state index is 14.3. The Morgan fingerprint density at radius 2 is 1.64 bits per heavy atom. The first-order chi connectivity index (χ1) is 28.2. The van der Waals surface area contributed by atoms with Crippen LogP contribution >= 0.6 is 0 Å². The molecule has 0 saturated carbocycles. The van der Waals surface area contributed by atoms with Gasteiger partial charge < -0.3 is 34.9 Å². The minimum Gasteiger partial charge on any atom is -0.456 e. The van der Waals surface area contributed by atoms with Gasteiger partial charge in [0, 0.05) is 45.0 Å². The molecule has 59 heavy (non-hydrogen) atoms. The van der Waals surface area contributed by atoms with Crippen molar-refractivity contribution in [2.75, 3.05) is 32.8 Å². The first kappa shape index (κ1) is 46.8. The van der Waals surface area contributed by atoms with Gasteiger partial charge in [-0.2, -0.15) is 0 Å². The molecule has 14 heteroatoms. The number of carbonyl (C=O) groups is 6. The normalized spacial score (nSPS) is 28.5. The number of hydrogen-bond donors (Lipinski definition) is 4. The molecule has 3 aliphatic rings. The summed E-state index contributed by atoms with van der Waals surface area (Å²) >= 11 is 0. The predicted molar refractivity (Wildman–Crippen MR) is 223 cm³/mol. The SMILES string of the molecule is CC(=O)CCC1C(=O)NC(C(C)C)C(=O)NC(Cc2ccccc2)C(=O)N2CCCC(N2)C(=O)O[C@H](/C(C)=C/C=C/C(=O)N2CCOCC2)C/C=C/C=C/CC(C)C1O. The van der Waals surface area contributed by atoms with Gasteiger partial charge in [-0.1, -0.05) is 87.6 Å². The van der Waals surface area contributed by atoms with Gasteiger partial charge >= 0.3 is 5.97 Å². The minimum absolute atomic E-state index is 0.0794. The zero-order chi connectivity index (χ0) is 42.9. The van der Waals surface area contributed by atoms with Gasteiger partial charge in [0.25, 0.3) is 5.91 Å². The smallest absolute Gasteiger partial charge is 0.325 e. The Kier molecular flexibility index (Phi) is 18.7. The molecule has 0 radical (unpaired) electrons. The summed E-state index contributed by atoms with van der Waals surface area (Å²) in [7, 11) is 0. The summed E-state index contributed by atoms with van der Waals surface area (Å²) in [5.41, 5.74) is 4.56. The number of amides is 4. The average molecular weight is 818 g/mol. The fourth-order valence-electron chi connectivity index (χ4n) is 7.24. The fourth-order valence-corrected chi connectivity index (χ4v) is 7.24. The summed E-state index contributed by atoms with van der Waals surface area (Å²) in [5, 5.41) is 18.6. The van der Waals surface area contributed by atoms with Crippen LogP contribution in [0.15, 0.2) is 78.4 Å². The van der Waals surface area contributed by atoms with Gasteiger partial charge in [-0.3, -0.25) is 29.0 Å². The van der Waals surface area contributed by atoms with Crippen LogP contribution in [0.4, 0.5) is 0 Å². The second kappa shape index (κ2) is 23.6. The Hall–Kier alpha value is -4.92. The lowest BCUT2D eigenvalue weighted by molar-refractivity contribution is -0.156. The van der Waals surface area contributed by atoms with E-state index < -0.39 is 65.9 Å². The Morgan fingerprint density at radius 3 is 2.32 bits per heavy atom. The zero-order valence-electron chi connectivity index (χ0n) is 35.1. The van der Waals surface area contributed by atoms with Gasteiger partial charge in [0.2, 0.25) is 17.7 Å². The number of ketones is 1. The number of hydrogen-bond acceptors (Lipinski definition) is 10. The largest absolute Gasteiger partial charge is 0.456 e. The van der Waals surface area contributed by atoms with E-state index in [1.165, 1.54) is 18.0 Å². The number of aliphatic hydroxyl groups is 1. The van der Waals surface area contributed by atoms with Crippen molar-refractivity contribution in [2.45, 2.75) is 110 Å². The molecule has 3 heterocycles. The van der Waals surface area contributed by atoms with E-state index in [-0.39, 0.29) is 43.4 Å². The van der Waals surface area contributed by atoms with Crippen LogP contribution in [0.2, 0.25) is 0 Å². The van der Waals surface area contributed by atoms with Crippen LogP contribution in [-0.4, -0.2) is 114 Å². The summed E-state index contributed by atoms with van der Waals surface area (Å²) in [6.45, 7) is 10.9. The Bertz CT molecular complexity index is 1720. The molecule has 2 bridgehead atoms. The average Bonchev–Trinajstić information content (AvgIpc) is 3.22. The number of ether oxygens (including phenoxy) is 2. The molecule has 0 aliphatic carbocycles. The minimum atomic E-state index is -1.12. The summed E-state index contributed by atoms with van der Waals surface area (Å²) in [4.78, 5) is 82.5. The standard InChI is InChI=1S/C45H63N5O9/c1-30(2)40-43(55)46-37(29-34-17-10-8-11-18-34)44(56)50-24-14-19-36(48-50)45(57)59-38(31(3)16-13-21-39(52)49-25-27-58-28-26-49)20-12-7-6-9-15-32(4)41(53)35(42(54)47-40)23-22-33(5)51/h6-13,16-18,21,30,32,35-38,40-41,48,53H,14-15,19-20,22-29H2,1-5H3,(H,46,55)(H,47,54)/b9-6+,12-7+,21-13+,31-16+/t32?,35?,36?,37?,38-,40?,41?/m0/s1. The van der Waals surface area contributed by atoms with Crippen LogP contribution in [0, 0.1) is 17.8 Å². The molecular formula is C45H63N5O9. The maximum Gasteiger partial charge on any atom is 0.325 e. The van der Waals surface area contributed by atoms with Crippen LogP contribution < -0.4 is 16.1 Å². The molecule has 7 atom stereocenters. The molecule has 1 aromatic rings. The molecule has 0 aromatic heterocycles. The second-order valence-electron chi connectivity index (χ2n) is 16.1. The van der Waals surface area contributed by atoms with E-state index in [1.54, 1.807) is 30.9 Å². The molecule has 4 rings (SSSR count). The molecule has 0 spiro atoms. The zero-order valence-corrected chi connectivity index (χ0v) is 35.1. The van der Waals surface area contributed by atoms with Gasteiger partial charge in [0.15, 0.2) is 0 Å². The van der Waals surface area contributed by atoms with Crippen molar-refractivity contribution in [3.8, 4) is 0 Å². The number of hydrazine groups is 1. The molecule has 322 valence electrons. The number of nitrogens with one attached hydrogen (secondary N) is 3. The van der Waals surface area contributed by atoms with Crippen molar-refractivity contribution in [1.82, 2.24) is 26.0 Å². The van der Waals surface area contributed by atoms with Crippen molar-refractivity contribution in [1.29, 1.82) is 0 Å². The van der Waals surface area contributed by atoms with Crippen molar-refractivity contribution in [2.24, 2.45) is 17.8 Å². The Balaban J connectivity index is 1.66. The lowest BCUT2D eigenvalue weighted by Crippen LogP contribution is -2.62. The molecule has 1 aromatic carbocycles. The number of morpholine rings is 1. The van der Waals surface area contributed by atoms with Gasteiger partial charge in [0.1, 0.15) is 30.0 Å². The molecule has 3 aliphatic heterocycles. The van der Waals surface area contributed by atoms with Crippen LogP contribution in [0.3, 0.4) is 0 Å². The predicted octanol–water partition coefficient (Wildman–Crippen LogP) is 3.51. The number of nitrogens with zero attached hydrogens (tertiary/aromatic N) is 2. The van der Waals surface area contributed by atoms with Crippen molar-refractivity contribution in [3.05, 3.63) is 84.0 Å². The van der Waals surface area contributed by atoms with Gasteiger partial charge in [-0.05, 0) is 62.5 Å². The fraction of sp³-hybridized carbons (Fsp3) is 0.556. The topological polar surface area (TPSA) is 184 Å². The van der Waals surface area contributed by atoms with Crippen LogP contribution in [0.5, 0.6) is 0 Å². The van der Waals surface area contributed by atoms with E-state index >= 15 is 0 Å². The third-order valence-corrected chi connectivity index (χ3v) is 10.9. The van der Waals surface area contributed by atoms with Gasteiger partial charge in [0.05, 0.1) is 25.2 Å². The van der Waals surface area contributed by atoms with E-state index in [2.05, 4.69) is 16.1 Å². The summed E-state index contributed by atoms with van der Waals surface area (Å²) in [6.07, 6.45) is 12.4. The molecular weight excluding hydrogens is 755 g/mol. The molecule has 4 amide bonds. The van der Waals surface area contributed by atoms with Crippen molar-refractivity contribution in [3.63, 3.8) is 0 Å². The highest BCUT2D eigenvalue weighted by atomic mass is 16.5. The number of Topliss-reactive ketones (excluding diaryl/α,β-unsaturated/α-hetero) is 1. The Labute approximate surface area is 348 Å². The molecule has 2 saturated heterocycles. The summed E-state index contributed by atoms with van der Waals surface area (Å²) < 4.78 is 11.4. The van der Waals surface area contributed by atoms with E-state index in [0.717, 1.165) is 5.56 Å². The van der Waals surface area contributed by atoms with Crippen LogP contribution in [-0.2, 0) is 44.7 Å². The molecule has 6 unspecified atom stereocenters. The quantitative estimate of drug-likeness (QED) is 0.164. The number of fused-ring (bicyclic) bond motifs is 2. The van der Waals surface area contributed by atoms with E-state index in [1.807, 2.05) is 68.5 Å². The van der Waals surface area contributed by atoms with Gasteiger partial charge in [-0.25, -0.2) is 5.43 Å². The maximum absolute atomic E-state index is 14.3. The first-order valence-corrected chi connectivity index (χ1v) is 20.9. The molecule has 14 nitrogen and oxygen atoms in total. The highest BCUT2D eigenvalue weighted by Gasteiger charge is 2.38. The van der Waals surface area contributed by atoms with E-state index in [4.69, 9.17) is 9.47 Å². The highest BCUT2D eigenvalue weighted by molar-refractivity contribution is 5.93. The Morgan fingerprint density at radius 1 is 0.949 bits per heavy atom. The van der Waals surface area contributed by atoms with Crippen molar-refractivity contribution >= 4 is 35.4 Å². The second-order valence-corrected chi connectivity index (χ2v) is 16.1. The lowest BCUT2D eigenvalue weighted by atomic mass is 9.85. The van der Waals surface area contributed by atoms with Crippen LogP contribution in [0.25, 0.3) is 0 Å². The monoisotopic (exact) mass is 817 g/mol. The summed E-state index contributed by atoms with van der Waals surface area (Å²) in [5.74, 6) is -4.14. The van der Waals surface area contributed by atoms with Gasteiger partial charge in [-0.15, -0.1) is 0 Å². The summed E-state index contributed by atoms with van der Waals surface area (Å²) in [6, 6.07) is 6.25. The number of benzene rings is 1. The number of cyclic esters (lactones) is 1. The van der Waals surface area contributed by atoms with E-state index in [0.29, 0.717) is 57.6 Å². The molecule has 4 N–H and O–H groups in total. The highest BCUT2D eigenvalue weighted by Crippen LogP contribution is 2.24. The third kappa shape index (κ3) is 14.7.